The van der Waals surface area contributed by atoms with Gasteiger partial charge in [-0.15, -0.1) is 0 Å². The zero-order chi connectivity index (χ0) is 16.8. The minimum Gasteiger partial charge on any atom is -0.381 e. The van der Waals surface area contributed by atoms with E-state index in [1.165, 1.54) is 0 Å². The average Bonchev–Trinajstić information content (AvgIpc) is 2.63. The lowest BCUT2D eigenvalue weighted by molar-refractivity contribution is 0.0744. The van der Waals surface area contributed by atoms with Crippen LogP contribution in [-0.4, -0.2) is 37.2 Å². The third-order valence-corrected chi connectivity index (χ3v) is 4.63. The fourth-order valence-corrected chi connectivity index (χ4v) is 3.23. The number of nitrogens with one attached hydrogen (secondary N) is 1. The van der Waals surface area contributed by atoms with Crippen molar-refractivity contribution < 1.29 is 9.53 Å². The van der Waals surface area contributed by atoms with Crippen LogP contribution < -0.4 is 5.32 Å². The van der Waals surface area contributed by atoms with Gasteiger partial charge in [-0.25, -0.2) is 4.79 Å². The highest BCUT2D eigenvalue weighted by Gasteiger charge is 2.23. The SMILES string of the molecule is CCCOCC1CCN(C(=O)Nc2cccc3ccccc23)CC1. The number of benzene rings is 2. The zero-order valence-electron chi connectivity index (χ0n) is 14.3. The predicted octanol–water partition coefficient (Wildman–Crippen LogP) is 4.51. The standard InChI is InChI=1S/C20H26N2O2/c1-2-14-24-15-16-10-12-22(13-11-16)20(23)21-19-9-5-7-17-6-3-4-8-18(17)19/h3-9,16H,2,10-15H2,1H3,(H,21,23). The third kappa shape index (κ3) is 4.06. The highest BCUT2D eigenvalue weighted by molar-refractivity contribution is 6.01. The molecule has 0 aliphatic carbocycles. The van der Waals surface area contributed by atoms with Gasteiger partial charge in [0, 0.05) is 31.7 Å². The molecule has 1 saturated heterocycles. The summed E-state index contributed by atoms with van der Waals surface area (Å²) >= 11 is 0. The summed E-state index contributed by atoms with van der Waals surface area (Å²) in [5.41, 5.74) is 0.881. The van der Waals surface area contributed by atoms with Crippen LogP contribution in [0.25, 0.3) is 10.8 Å². The van der Waals surface area contributed by atoms with E-state index in [1.807, 2.05) is 35.2 Å². The van der Waals surface area contributed by atoms with Gasteiger partial charge in [0.05, 0.1) is 5.69 Å². The van der Waals surface area contributed by atoms with E-state index in [0.717, 1.165) is 62.0 Å². The molecule has 4 heteroatoms. The predicted molar refractivity (Wildman–Crippen MR) is 98.4 cm³/mol. The van der Waals surface area contributed by atoms with Gasteiger partial charge in [-0.05, 0) is 36.6 Å². The smallest absolute Gasteiger partial charge is 0.321 e. The van der Waals surface area contributed by atoms with E-state index in [4.69, 9.17) is 4.74 Å². The molecular formula is C20H26N2O2. The van der Waals surface area contributed by atoms with Gasteiger partial charge in [0.15, 0.2) is 0 Å². The molecule has 1 heterocycles. The molecule has 0 atom stereocenters. The van der Waals surface area contributed by atoms with Crippen molar-refractivity contribution >= 4 is 22.5 Å². The molecule has 0 bridgehead atoms. The molecule has 2 aromatic carbocycles. The second-order valence-electron chi connectivity index (χ2n) is 6.46. The summed E-state index contributed by atoms with van der Waals surface area (Å²) in [6, 6.07) is 14.1. The summed E-state index contributed by atoms with van der Waals surface area (Å²) in [6.45, 7) is 5.39. The Morgan fingerprint density at radius 3 is 2.71 bits per heavy atom. The lowest BCUT2D eigenvalue weighted by Crippen LogP contribution is -2.41. The number of anilines is 1. The largest absolute Gasteiger partial charge is 0.381 e. The van der Waals surface area contributed by atoms with Crippen molar-refractivity contribution in [1.29, 1.82) is 0 Å². The molecule has 4 nitrogen and oxygen atoms in total. The third-order valence-electron chi connectivity index (χ3n) is 4.63. The Balaban J connectivity index is 1.56. The molecule has 1 N–H and O–H groups in total. The first kappa shape index (κ1) is 16.8. The minimum absolute atomic E-state index is 0.000667. The first-order chi connectivity index (χ1) is 11.8. The normalized spacial score (nSPS) is 15.6. The van der Waals surface area contributed by atoms with Gasteiger partial charge in [-0.3, -0.25) is 0 Å². The molecule has 2 amide bonds. The van der Waals surface area contributed by atoms with Crippen LogP contribution in [0.5, 0.6) is 0 Å². The quantitative estimate of drug-likeness (QED) is 0.821. The molecule has 1 fully saturated rings. The first-order valence-electron chi connectivity index (χ1n) is 8.89. The van der Waals surface area contributed by atoms with Crippen LogP contribution in [0, 0.1) is 5.92 Å². The number of hydrogen-bond acceptors (Lipinski definition) is 2. The molecule has 128 valence electrons. The zero-order valence-corrected chi connectivity index (χ0v) is 14.3. The van der Waals surface area contributed by atoms with Gasteiger partial charge >= 0.3 is 6.03 Å². The van der Waals surface area contributed by atoms with Gasteiger partial charge in [-0.2, -0.15) is 0 Å². The highest BCUT2D eigenvalue weighted by Crippen LogP contribution is 2.24. The summed E-state index contributed by atoms with van der Waals surface area (Å²) in [4.78, 5) is 14.5. The van der Waals surface area contributed by atoms with Crippen molar-refractivity contribution in [2.24, 2.45) is 5.92 Å². The summed E-state index contributed by atoms with van der Waals surface area (Å²) < 4.78 is 5.64. The van der Waals surface area contributed by atoms with Crippen LogP contribution in [0.2, 0.25) is 0 Å². The number of carbonyl (C=O) groups is 1. The van der Waals surface area contributed by atoms with E-state index in [-0.39, 0.29) is 6.03 Å². The van der Waals surface area contributed by atoms with Crippen molar-refractivity contribution in [2.45, 2.75) is 26.2 Å². The molecule has 0 saturated carbocycles. The number of urea groups is 1. The van der Waals surface area contributed by atoms with Gasteiger partial charge in [0.2, 0.25) is 0 Å². The Morgan fingerprint density at radius 2 is 1.92 bits per heavy atom. The summed E-state index contributed by atoms with van der Waals surface area (Å²) in [7, 11) is 0. The van der Waals surface area contributed by atoms with Crippen molar-refractivity contribution in [1.82, 2.24) is 4.90 Å². The lowest BCUT2D eigenvalue weighted by atomic mass is 9.98. The van der Waals surface area contributed by atoms with E-state index >= 15 is 0 Å². The minimum atomic E-state index is -0.000667. The Hall–Kier alpha value is -2.07. The summed E-state index contributed by atoms with van der Waals surface area (Å²) in [5, 5.41) is 5.30. The maximum atomic E-state index is 12.6. The van der Waals surface area contributed by atoms with E-state index in [2.05, 4.69) is 24.4 Å². The maximum Gasteiger partial charge on any atom is 0.321 e. The molecule has 1 aliphatic heterocycles. The van der Waals surface area contributed by atoms with Crippen LogP contribution in [0.3, 0.4) is 0 Å². The molecule has 0 radical (unpaired) electrons. The van der Waals surface area contributed by atoms with Crippen LogP contribution in [-0.2, 0) is 4.74 Å². The van der Waals surface area contributed by atoms with Crippen molar-refractivity contribution in [3.63, 3.8) is 0 Å². The number of ether oxygens (including phenoxy) is 1. The maximum absolute atomic E-state index is 12.6. The van der Waals surface area contributed by atoms with Crippen LogP contribution in [0.4, 0.5) is 10.5 Å². The Kier molecular flexibility index (Phi) is 5.70. The fraction of sp³-hybridized carbons (Fsp3) is 0.450. The summed E-state index contributed by atoms with van der Waals surface area (Å²) in [6.07, 6.45) is 3.10. The number of likely N-dealkylation sites (tertiary alicyclic amines) is 1. The van der Waals surface area contributed by atoms with Gasteiger partial charge < -0.3 is 15.0 Å². The Labute approximate surface area is 143 Å². The van der Waals surface area contributed by atoms with Crippen LogP contribution in [0.15, 0.2) is 42.5 Å². The van der Waals surface area contributed by atoms with Crippen molar-refractivity contribution in [3.8, 4) is 0 Å². The summed E-state index contributed by atoms with van der Waals surface area (Å²) in [5.74, 6) is 0.582. The van der Waals surface area contributed by atoms with Crippen molar-refractivity contribution in [3.05, 3.63) is 42.5 Å². The first-order valence-corrected chi connectivity index (χ1v) is 8.89. The van der Waals surface area contributed by atoms with E-state index < -0.39 is 0 Å². The molecular weight excluding hydrogens is 300 g/mol. The van der Waals surface area contributed by atoms with E-state index in [0.29, 0.717) is 5.92 Å². The van der Waals surface area contributed by atoms with Crippen LogP contribution >= 0.6 is 0 Å². The second-order valence-corrected chi connectivity index (χ2v) is 6.46. The average molecular weight is 326 g/mol. The molecule has 1 aliphatic rings. The van der Waals surface area contributed by atoms with E-state index in [1.54, 1.807) is 0 Å². The molecule has 0 spiro atoms. The van der Waals surface area contributed by atoms with Gasteiger partial charge in [0.1, 0.15) is 0 Å². The van der Waals surface area contributed by atoms with Gasteiger partial charge in [0.25, 0.3) is 0 Å². The van der Waals surface area contributed by atoms with Gasteiger partial charge in [-0.1, -0.05) is 43.3 Å². The number of nitrogens with zero attached hydrogens (tertiary/aromatic N) is 1. The topological polar surface area (TPSA) is 41.6 Å². The number of amides is 2. The Bertz CT molecular complexity index is 673. The molecule has 3 rings (SSSR count). The molecule has 24 heavy (non-hydrogen) atoms. The fourth-order valence-electron chi connectivity index (χ4n) is 3.23. The molecule has 2 aromatic rings. The van der Waals surface area contributed by atoms with Crippen molar-refractivity contribution in [2.75, 3.05) is 31.6 Å². The number of rotatable bonds is 5. The monoisotopic (exact) mass is 326 g/mol. The van der Waals surface area contributed by atoms with E-state index in [9.17, 15) is 4.79 Å². The number of carbonyl (C=O) groups excluding carboxylic acids is 1. The lowest BCUT2D eigenvalue weighted by Gasteiger charge is -2.32. The highest BCUT2D eigenvalue weighted by atomic mass is 16.5. The Morgan fingerprint density at radius 1 is 1.17 bits per heavy atom. The molecule has 0 unspecified atom stereocenters. The van der Waals surface area contributed by atoms with Crippen LogP contribution in [0.1, 0.15) is 26.2 Å². The number of piperidine rings is 1. The second kappa shape index (κ2) is 8.15. The number of fused-ring (bicyclic) bond motifs is 1. The number of hydrogen-bond donors (Lipinski definition) is 1. The molecule has 0 aromatic heterocycles.